The molecule has 0 radical (unpaired) electrons. The van der Waals surface area contributed by atoms with Crippen molar-refractivity contribution >= 4 is 36.2 Å². The van der Waals surface area contributed by atoms with Gasteiger partial charge in [-0.05, 0) is 36.6 Å². The summed E-state index contributed by atoms with van der Waals surface area (Å²) >= 11 is 0. The molecule has 0 aromatic heterocycles. The number of hydrogen-bond donors (Lipinski definition) is 2. The van der Waals surface area contributed by atoms with Crippen molar-refractivity contribution in [2.75, 3.05) is 11.5 Å². The maximum Gasteiger partial charge on any atom is 0.0550 e. The van der Waals surface area contributed by atoms with E-state index in [1.807, 2.05) is 18.2 Å². The molecule has 2 aromatic carbocycles. The van der Waals surface area contributed by atoms with Gasteiger partial charge in [0, 0.05) is 0 Å². The van der Waals surface area contributed by atoms with Crippen molar-refractivity contribution in [3.05, 3.63) is 59.2 Å². The molecule has 98 valence electrons. The van der Waals surface area contributed by atoms with Crippen molar-refractivity contribution in [3.63, 3.8) is 0 Å². The lowest BCUT2D eigenvalue weighted by Crippen LogP contribution is -1.96. The van der Waals surface area contributed by atoms with Crippen molar-refractivity contribution in [3.8, 4) is 0 Å². The Labute approximate surface area is 120 Å². The number of anilines is 2. The third-order valence-corrected chi connectivity index (χ3v) is 2.68. The Morgan fingerprint density at radius 3 is 1.89 bits per heavy atom. The molecule has 0 spiro atoms. The summed E-state index contributed by atoms with van der Waals surface area (Å²) in [5, 5.41) is 0. The summed E-state index contributed by atoms with van der Waals surface area (Å²) in [6.07, 6.45) is 0.894. The van der Waals surface area contributed by atoms with E-state index in [9.17, 15) is 0 Å². The summed E-state index contributed by atoms with van der Waals surface area (Å²) < 4.78 is 0. The maximum atomic E-state index is 5.77. The maximum absolute atomic E-state index is 5.77. The van der Waals surface area contributed by atoms with Crippen LogP contribution in [-0.2, 0) is 6.42 Å². The summed E-state index contributed by atoms with van der Waals surface area (Å²) in [7, 11) is 0. The number of halogens is 2. The molecule has 2 rings (SSSR count). The van der Waals surface area contributed by atoms with E-state index in [4.69, 9.17) is 11.5 Å². The first-order valence-corrected chi connectivity index (χ1v) is 5.34. The highest BCUT2D eigenvalue weighted by atomic mass is 35.5. The summed E-state index contributed by atoms with van der Waals surface area (Å²) in [6, 6.07) is 14.3. The van der Waals surface area contributed by atoms with Gasteiger partial charge >= 0.3 is 0 Å². The average molecular weight is 285 g/mol. The lowest BCUT2D eigenvalue weighted by molar-refractivity contribution is 1.19. The molecule has 4 N–H and O–H groups in total. The van der Waals surface area contributed by atoms with Gasteiger partial charge in [-0.15, -0.1) is 24.8 Å². The standard InChI is InChI=1S/C14H16N2.2ClH/c1-10-2-4-11(5-3-10)8-12-6-7-13(15)14(16)9-12;;/h2-7,9H,8,15-16H2,1H3;2*1H. The second-order valence-electron chi connectivity index (χ2n) is 4.13. The smallest absolute Gasteiger partial charge is 0.0550 e. The highest BCUT2D eigenvalue weighted by Crippen LogP contribution is 2.18. The SMILES string of the molecule is Cc1ccc(Cc2ccc(N)c(N)c2)cc1.Cl.Cl. The molecule has 0 aliphatic heterocycles. The zero-order chi connectivity index (χ0) is 11.5. The van der Waals surface area contributed by atoms with Gasteiger partial charge in [-0.25, -0.2) is 0 Å². The minimum absolute atomic E-state index is 0. The minimum atomic E-state index is 0. The third kappa shape index (κ3) is 4.13. The van der Waals surface area contributed by atoms with Crippen LogP contribution in [0, 0.1) is 6.92 Å². The Balaban J connectivity index is 0.00000144. The second kappa shape index (κ2) is 7.14. The molecular weight excluding hydrogens is 267 g/mol. The average Bonchev–Trinajstić information content (AvgIpc) is 2.27. The molecule has 0 atom stereocenters. The zero-order valence-electron chi connectivity index (χ0n) is 10.2. The summed E-state index contributed by atoms with van der Waals surface area (Å²) in [6.45, 7) is 2.09. The molecule has 0 heterocycles. The van der Waals surface area contributed by atoms with Crippen molar-refractivity contribution in [2.24, 2.45) is 0 Å². The Hall–Kier alpha value is -1.38. The molecular formula is C14H18Cl2N2. The molecule has 4 heteroatoms. The molecule has 0 aliphatic rings. The van der Waals surface area contributed by atoms with E-state index in [-0.39, 0.29) is 24.8 Å². The zero-order valence-corrected chi connectivity index (χ0v) is 11.9. The van der Waals surface area contributed by atoms with Crippen LogP contribution in [-0.4, -0.2) is 0 Å². The third-order valence-electron chi connectivity index (χ3n) is 2.68. The van der Waals surface area contributed by atoms with Crippen LogP contribution >= 0.6 is 24.8 Å². The fourth-order valence-corrected chi connectivity index (χ4v) is 1.68. The number of nitrogen functional groups attached to an aromatic ring is 2. The second-order valence-corrected chi connectivity index (χ2v) is 4.13. The van der Waals surface area contributed by atoms with Crippen molar-refractivity contribution in [1.29, 1.82) is 0 Å². The number of aryl methyl sites for hydroxylation is 1. The Bertz CT molecular complexity index is 496. The van der Waals surface area contributed by atoms with Crippen LogP contribution in [0.1, 0.15) is 16.7 Å². The van der Waals surface area contributed by atoms with Crippen LogP contribution in [0.25, 0.3) is 0 Å². The van der Waals surface area contributed by atoms with Gasteiger partial charge in [0.05, 0.1) is 11.4 Å². The van der Waals surface area contributed by atoms with Gasteiger partial charge in [-0.1, -0.05) is 35.9 Å². The van der Waals surface area contributed by atoms with Crippen molar-refractivity contribution in [2.45, 2.75) is 13.3 Å². The van der Waals surface area contributed by atoms with E-state index in [0.29, 0.717) is 11.4 Å². The summed E-state index contributed by atoms with van der Waals surface area (Å²) in [4.78, 5) is 0. The fourth-order valence-electron chi connectivity index (χ4n) is 1.68. The number of rotatable bonds is 2. The topological polar surface area (TPSA) is 52.0 Å². The largest absolute Gasteiger partial charge is 0.397 e. The molecule has 18 heavy (non-hydrogen) atoms. The number of nitrogens with two attached hydrogens (primary N) is 2. The van der Waals surface area contributed by atoms with Gasteiger partial charge in [0.1, 0.15) is 0 Å². The van der Waals surface area contributed by atoms with Gasteiger partial charge in [0.2, 0.25) is 0 Å². The molecule has 0 amide bonds. The van der Waals surface area contributed by atoms with Crippen LogP contribution < -0.4 is 11.5 Å². The Kier molecular flexibility index (Phi) is 6.60. The van der Waals surface area contributed by atoms with Gasteiger partial charge in [0.15, 0.2) is 0 Å². The molecule has 0 fully saturated rings. The monoisotopic (exact) mass is 284 g/mol. The van der Waals surface area contributed by atoms with Gasteiger partial charge in [-0.3, -0.25) is 0 Å². The van der Waals surface area contributed by atoms with E-state index in [2.05, 4.69) is 31.2 Å². The van der Waals surface area contributed by atoms with E-state index >= 15 is 0 Å². The molecule has 0 unspecified atom stereocenters. The predicted molar refractivity (Wildman–Crippen MR) is 83.7 cm³/mol. The molecule has 2 nitrogen and oxygen atoms in total. The fraction of sp³-hybridized carbons (Fsp3) is 0.143. The van der Waals surface area contributed by atoms with Gasteiger partial charge < -0.3 is 11.5 Å². The molecule has 2 aromatic rings. The van der Waals surface area contributed by atoms with E-state index in [1.165, 1.54) is 16.7 Å². The van der Waals surface area contributed by atoms with E-state index < -0.39 is 0 Å². The number of benzene rings is 2. The first-order valence-electron chi connectivity index (χ1n) is 5.34. The van der Waals surface area contributed by atoms with Crippen LogP contribution in [0.15, 0.2) is 42.5 Å². The lowest BCUT2D eigenvalue weighted by Gasteiger charge is -2.05. The van der Waals surface area contributed by atoms with Crippen LogP contribution in [0.5, 0.6) is 0 Å². The first-order chi connectivity index (χ1) is 7.65. The Morgan fingerprint density at radius 2 is 1.33 bits per heavy atom. The van der Waals surface area contributed by atoms with E-state index in [0.717, 1.165) is 6.42 Å². The normalized spacial score (nSPS) is 9.17. The van der Waals surface area contributed by atoms with Gasteiger partial charge in [-0.2, -0.15) is 0 Å². The molecule has 0 saturated carbocycles. The molecule has 0 bridgehead atoms. The predicted octanol–water partition coefficient (Wildman–Crippen LogP) is 3.59. The first kappa shape index (κ1) is 16.6. The highest BCUT2D eigenvalue weighted by molar-refractivity contribution is 5.85. The summed E-state index contributed by atoms with van der Waals surface area (Å²) in [5.74, 6) is 0. The Morgan fingerprint density at radius 1 is 0.778 bits per heavy atom. The molecule has 0 saturated heterocycles. The summed E-state index contributed by atoms with van der Waals surface area (Å²) in [5.41, 5.74) is 16.5. The quantitative estimate of drug-likeness (QED) is 0.828. The van der Waals surface area contributed by atoms with Crippen LogP contribution in [0.4, 0.5) is 11.4 Å². The number of hydrogen-bond acceptors (Lipinski definition) is 2. The van der Waals surface area contributed by atoms with Crippen LogP contribution in [0.2, 0.25) is 0 Å². The van der Waals surface area contributed by atoms with Crippen molar-refractivity contribution < 1.29 is 0 Å². The molecule has 0 aliphatic carbocycles. The van der Waals surface area contributed by atoms with Crippen molar-refractivity contribution in [1.82, 2.24) is 0 Å². The van der Waals surface area contributed by atoms with E-state index in [1.54, 1.807) is 0 Å². The highest BCUT2D eigenvalue weighted by Gasteiger charge is 1.99. The minimum Gasteiger partial charge on any atom is -0.397 e. The lowest BCUT2D eigenvalue weighted by atomic mass is 10.0. The van der Waals surface area contributed by atoms with Gasteiger partial charge in [0.25, 0.3) is 0 Å². The van der Waals surface area contributed by atoms with Crippen LogP contribution in [0.3, 0.4) is 0 Å².